The van der Waals surface area contributed by atoms with Gasteiger partial charge in [-0.3, -0.25) is 0 Å². The van der Waals surface area contributed by atoms with Crippen molar-refractivity contribution in [2.24, 2.45) is 17.6 Å². The Bertz CT molecular complexity index is 267. The molecule has 1 heterocycles. The molecule has 0 aliphatic heterocycles. The molecule has 0 saturated heterocycles. The summed E-state index contributed by atoms with van der Waals surface area (Å²) in [4.78, 5) is 3.70. The molecule has 0 radical (unpaired) electrons. The summed E-state index contributed by atoms with van der Waals surface area (Å²) in [5, 5.41) is 2.14. The smallest absolute Gasteiger partial charge is 0.0478 e. The standard InChI is InChI=1S/C12H22N2S/c1-9(2)10(8-13)12(14(3)4)11-6-5-7-15-11/h5-7,9-10,12H,8,13H2,1-4H3. The number of hydrogen-bond acceptors (Lipinski definition) is 3. The topological polar surface area (TPSA) is 29.3 Å². The summed E-state index contributed by atoms with van der Waals surface area (Å²) >= 11 is 1.82. The molecule has 2 atom stereocenters. The Labute approximate surface area is 97.1 Å². The van der Waals surface area contributed by atoms with Crippen molar-refractivity contribution in [3.63, 3.8) is 0 Å². The quantitative estimate of drug-likeness (QED) is 0.836. The predicted octanol–water partition coefficient (Wildman–Crippen LogP) is 2.58. The lowest BCUT2D eigenvalue weighted by molar-refractivity contribution is 0.179. The Morgan fingerprint density at radius 3 is 2.40 bits per heavy atom. The summed E-state index contributed by atoms with van der Waals surface area (Å²) in [6.07, 6.45) is 0. The van der Waals surface area contributed by atoms with Crippen LogP contribution in [0.2, 0.25) is 0 Å². The van der Waals surface area contributed by atoms with Gasteiger partial charge in [0, 0.05) is 10.9 Å². The predicted molar refractivity (Wildman–Crippen MR) is 68.1 cm³/mol. The fourth-order valence-electron chi connectivity index (χ4n) is 2.07. The largest absolute Gasteiger partial charge is 0.330 e. The Morgan fingerprint density at radius 2 is 2.07 bits per heavy atom. The van der Waals surface area contributed by atoms with E-state index < -0.39 is 0 Å². The van der Waals surface area contributed by atoms with E-state index in [9.17, 15) is 0 Å². The molecule has 0 bridgehead atoms. The fourth-order valence-corrected chi connectivity index (χ4v) is 3.07. The molecular formula is C12H22N2S. The van der Waals surface area contributed by atoms with Crippen molar-refractivity contribution < 1.29 is 0 Å². The summed E-state index contributed by atoms with van der Waals surface area (Å²) in [5.74, 6) is 1.14. The Balaban J connectivity index is 2.91. The maximum absolute atomic E-state index is 5.90. The molecule has 0 fully saturated rings. The van der Waals surface area contributed by atoms with Gasteiger partial charge in [0.05, 0.1) is 0 Å². The first kappa shape index (κ1) is 12.7. The van der Waals surface area contributed by atoms with Crippen LogP contribution < -0.4 is 5.73 Å². The van der Waals surface area contributed by atoms with Gasteiger partial charge < -0.3 is 10.6 Å². The van der Waals surface area contributed by atoms with Crippen molar-refractivity contribution in [1.82, 2.24) is 4.90 Å². The van der Waals surface area contributed by atoms with Crippen molar-refractivity contribution in [3.05, 3.63) is 22.4 Å². The second-order valence-corrected chi connectivity index (χ2v) is 5.55. The van der Waals surface area contributed by atoms with Gasteiger partial charge >= 0.3 is 0 Å². The van der Waals surface area contributed by atoms with Gasteiger partial charge in [0.1, 0.15) is 0 Å². The minimum Gasteiger partial charge on any atom is -0.330 e. The SMILES string of the molecule is CC(C)C(CN)C(c1cccs1)N(C)C. The fraction of sp³-hybridized carbons (Fsp3) is 0.667. The van der Waals surface area contributed by atoms with Gasteiger partial charge in [-0.1, -0.05) is 19.9 Å². The highest BCUT2D eigenvalue weighted by Crippen LogP contribution is 2.33. The van der Waals surface area contributed by atoms with Gasteiger partial charge in [0.2, 0.25) is 0 Å². The lowest BCUT2D eigenvalue weighted by Crippen LogP contribution is -2.34. The second kappa shape index (κ2) is 5.64. The van der Waals surface area contributed by atoms with Crippen LogP contribution in [0.5, 0.6) is 0 Å². The van der Waals surface area contributed by atoms with E-state index in [2.05, 4.69) is 50.4 Å². The third-order valence-corrected chi connectivity index (χ3v) is 3.87. The maximum atomic E-state index is 5.90. The summed E-state index contributed by atoms with van der Waals surface area (Å²) in [7, 11) is 4.27. The summed E-state index contributed by atoms with van der Waals surface area (Å²) in [6, 6.07) is 4.78. The van der Waals surface area contributed by atoms with Crippen LogP contribution >= 0.6 is 11.3 Å². The molecular weight excluding hydrogens is 204 g/mol. The highest BCUT2D eigenvalue weighted by Gasteiger charge is 2.27. The summed E-state index contributed by atoms with van der Waals surface area (Å²) in [6.45, 7) is 5.25. The molecule has 0 spiro atoms. The highest BCUT2D eigenvalue weighted by atomic mass is 32.1. The van der Waals surface area contributed by atoms with Crippen LogP contribution in [0.3, 0.4) is 0 Å². The molecule has 1 aromatic heterocycles. The van der Waals surface area contributed by atoms with Crippen molar-refractivity contribution in [3.8, 4) is 0 Å². The van der Waals surface area contributed by atoms with Crippen LogP contribution in [0.1, 0.15) is 24.8 Å². The van der Waals surface area contributed by atoms with E-state index in [1.165, 1.54) is 4.88 Å². The van der Waals surface area contributed by atoms with E-state index in [1.807, 2.05) is 11.3 Å². The van der Waals surface area contributed by atoms with Crippen LogP contribution in [-0.2, 0) is 0 Å². The van der Waals surface area contributed by atoms with Gasteiger partial charge in [-0.15, -0.1) is 11.3 Å². The molecule has 15 heavy (non-hydrogen) atoms. The summed E-state index contributed by atoms with van der Waals surface area (Å²) < 4.78 is 0. The molecule has 0 aliphatic carbocycles. The molecule has 1 rings (SSSR count). The van der Waals surface area contributed by atoms with Crippen molar-refractivity contribution in [2.75, 3.05) is 20.6 Å². The van der Waals surface area contributed by atoms with Crippen LogP contribution in [0, 0.1) is 11.8 Å². The van der Waals surface area contributed by atoms with E-state index in [4.69, 9.17) is 5.73 Å². The number of hydrogen-bond donors (Lipinski definition) is 1. The Kier molecular flexibility index (Phi) is 4.77. The molecule has 0 saturated carbocycles. The van der Waals surface area contributed by atoms with E-state index in [-0.39, 0.29) is 0 Å². The van der Waals surface area contributed by atoms with E-state index in [1.54, 1.807) is 0 Å². The van der Waals surface area contributed by atoms with E-state index in [0.29, 0.717) is 17.9 Å². The molecule has 0 amide bonds. The molecule has 1 aromatic rings. The maximum Gasteiger partial charge on any atom is 0.0478 e. The summed E-state index contributed by atoms with van der Waals surface area (Å²) in [5.41, 5.74) is 5.90. The second-order valence-electron chi connectivity index (χ2n) is 4.57. The third-order valence-electron chi connectivity index (χ3n) is 2.93. The highest BCUT2D eigenvalue weighted by molar-refractivity contribution is 7.10. The number of nitrogens with zero attached hydrogens (tertiary/aromatic N) is 1. The van der Waals surface area contributed by atoms with Crippen LogP contribution in [0.25, 0.3) is 0 Å². The molecule has 0 aromatic carbocycles. The minimum absolute atomic E-state index is 0.454. The first-order chi connectivity index (χ1) is 7.07. The molecule has 0 aliphatic rings. The average molecular weight is 226 g/mol. The molecule has 2 nitrogen and oxygen atoms in total. The lowest BCUT2D eigenvalue weighted by atomic mass is 9.87. The van der Waals surface area contributed by atoms with Gasteiger partial charge in [0.15, 0.2) is 0 Å². The number of nitrogens with two attached hydrogens (primary N) is 1. The van der Waals surface area contributed by atoms with Gasteiger partial charge in [-0.2, -0.15) is 0 Å². The van der Waals surface area contributed by atoms with Crippen molar-refractivity contribution >= 4 is 11.3 Å². The number of rotatable bonds is 5. The van der Waals surface area contributed by atoms with Crippen LogP contribution in [-0.4, -0.2) is 25.5 Å². The number of thiophene rings is 1. The first-order valence-corrected chi connectivity index (χ1v) is 6.35. The molecule has 86 valence electrons. The molecule has 2 unspecified atom stereocenters. The first-order valence-electron chi connectivity index (χ1n) is 5.47. The average Bonchev–Trinajstić information content (AvgIpc) is 2.64. The van der Waals surface area contributed by atoms with Gasteiger partial charge in [-0.05, 0) is 43.9 Å². The molecule has 2 N–H and O–H groups in total. The zero-order valence-corrected chi connectivity index (χ0v) is 10.9. The van der Waals surface area contributed by atoms with E-state index in [0.717, 1.165) is 6.54 Å². The van der Waals surface area contributed by atoms with E-state index >= 15 is 0 Å². The Hall–Kier alpha value is -0.380. The van der Waals surface area contributed by atoms with Gasteiger partial charge in [-0.25, -0.2) is 0 Å². The lowest BCUT2D eigenvalue weighted by Gasteiger charge is -2.33. The van der Waals surface area contributed by atoms with Crippen molar-refractivity contribution in [2.45, 2.75) is 19.9 Å². The van der Waals surface area contributed by atoms with Gasteiger partial charge in [0.25, 0.3) is 0 Å². The Morgan fingerprint density at radius 1 is 1.40 bits per heavy atom. The zero-order chi connectivity index (χ0) is 11.4. The third kappa shape index (κ3) is 3.03. The monoisotopic (exact) mass is 226 g/mol. The van der Waals surface area contributed by atoms with Crippen LogP contribution in [0.15, 0.2) is 17.5 Å². The molecule has 3 heteroatoms. The van der Waals surface area contributed by atoms with Crippen molar-refractivity contribution in [1.29, 1.82) is 0 Å². The van der Waals surface area contributed by atoms with Crippen LogP contribution in [0.4, 0.5) is 0 Å². The minimum atomic E-state index is 0.454. The normalized spacial score (nSPS) is 15.9. The zero-order valence-electron chi connectivity index (χ0n) is 10.1.